The number of nitro benzene ring substituents is 1. The van der Waals surface area contributed by atoms with Gasteiger partial charge in [0.2, 0.25) is 0 Å². The molecule has 0 aromatic heterocycles. The molecule has 3 aromatic rings. The predicted molar refractivity (Wildman–Crippen MR) is 103 cm³/mol. The van der Waals surface area contributed by atoms with E-state index in [2.05, 4.69) is 5.32 Å². The molecule has 0 aliphatic rings. The second kappa shape index (κ2) is 8.01. The Morgan fingerprint density at radius 2 is 1.74 bits per heavy atom. The molecule has 7 nitrogen and oxygen atoms in total. The lowest BCUT2D eigenvalue weighted by Gasteiger charge is -2.14. The lowest BCUT2D eigenvalue weighted by molar-refractivity contribution is -0.384. The molecule has 3 aromatic carbocycles. The average molecular weight is 363 g/mol. The van der Waals surface area contributed by atoms with Crippen LogP contribution in [0, 0.1) is 10.1 Å². The third kappa shape index (κ3) is 4.60. The number of carbonyl (C=O) groups excluding carboxylic acids is 1. The quantitative estimate of drug-likeness (QED) is 0.502. The van der Waals surface area contributed by atoms with Crippen molar-refractivity contribution >= 4 is 17.4 Å². The van der Waals surface area contributed by atoms with E-state index in [1.54, 1.807) is 30.3 Å². The Kier molecular flexibility index (Phi) is 5.32. The molecule has 0 atom stereocenters. The number of anilines is 1. The minimum absolute atomic E-state index is 0.0116. The lowest BCUT2D eigenvalue weighted by atomic mass is 10.0. The Bertz CT molecular complexity index is 957. The summed E-state index contributed by atoms with van der Waals surface area (Å²) in [7, 11) is 0. The molecule has 0 saturated carbocycles. The van der Waals surface area contributed by atoms with E-state index in [1.165, 1.54) is 12.1 Å². The summed E-state index contributed by atoms with van der Waals surface area (Å²) in [6.07, 6.45) is 0. The van der Waals surface area contributed by atoms with Gasteiger partial charge < -0.3 is 15.8 Å². The number of amides is 2. The summed E-state index contributed by atoms with van der Waals surface area (Å²) < 4.78 is 5.95. The Labute approximate surface area is 155 Å². The lowest BCUT2D eigenvalue weighted by Crippen LogP contribution is -2.19. The summed E-state index contributed by atoms with van der Waals surface area (Å²) in [6.45, 7) is 0.334. The molecule has 0 aliphatic heterocycles. The number of ether oxygens (including phenoxy) is 1. The number of rotatable bonds is 6. The molecular formula is C20H17N3O4. The minimum Gasteiger partial charge on any atom is -0.488 e. The first-order valence-corrected chi connectivity index (χ1v) is 8.15. The van der Waals surface area contributed by atoms with Gasteiger partial charge in [-0.25, -0.2) is 4.79 Å². The number of urea groups is 1. The Morgan fingerprint density at radius 3 is 2.37 bits per heavy atom. The van der Waals surface area contributed by atoms with E-state index in [0.717, 1.165) is 16.7 Å². The van der Waals surface area contributed by atoms with Crippen molar-refractivity contribution in [3.63, 3.8) is 0 Å². The molecule has 0 unspecified atom stereocenters. The van der Waals surface area contributed by atoms with Crippen LogP contribution in [-0.2, 0) is 6.61 Å². The van der Waals surface area contributed by atoms with Crippen LogP contribution in [0.4, 0.5) is 16.2 Å². The zero-order chi connectivity index (χ0) is 19.2. The molecule has 0 heterocycles. The topological polar surface area (TPSA) is 107 Å². The highest BCUT2D eigenvalue weighted by atomic mass is 16.6. The second-order valence-corrected chi connectivity index (χ2v) is 5.78. The molecule has 0 aliphatic carbocycles. The van der Waals surface area contributed by atoms with Gasteiger partial charge in [0.15, 0.2) is 0 Å². The van der Waals surface area contributed by atoms with Gasteiger partial charge >= 0.3 is 6.03 Å². The molecule has 3 rings (SSSR count). The number of primary amides is 1. The predicted octanol–water partition coefficient (Wildman–Crippen LogP) is 4.33. The highest BCUT2D eigenvalue weighted by molar-refractivity contribution is 5.89. The molecule has 0 saturated heterocycles. The fourth-order valence-electron chi connectivity index (χ4n) is 2.60. The van der Waals surface area contributed by atoms with Crippen molar-refractivity contribution in [2.75, 3.05) is 5.32 Å². The molecule has 0 spiro atoms. The van der Waals surface area contributed by atoms with Gasteiger partial charge in [-0.15, -0.1) is 0 Å². The molecule has 2 amide bonds. The van der Waals surface area contributed by atoms with Crippen LogP contribution in [0.25, 0.3) is 11.1 Å². The van der Waals surface area contributed by atoms with E-state index in [-0.39, 0.29) is 5.69 Å². The van der Waals surface area contributed by atoms with Crippen molar-refractivity contribution in [3.8, 4) is 16.9 Å². The highest BCUT2D eigenvalue weighted by Crippen LogP contribution is 2.34. The number of hydrogen-bond donors (Lipinski definition) is 2. The van der Waals surface area contributed by atoms with Gasteiger partial charge in [-0.1, -0.05) is 30.3 Å². The van der Waals surface area contributed by atoms with Gasteiger partial charge in [0.1, 0.15) is 12.4 Å². The summed E-state index contributed by atoms with van der Waals surface area (Å²) in [6, 6.07) is 20.3. The van der Waals surface area contributed by atoms with Crippen molar-refractivity contribution in [1.82, 2.24) is 0 Å². The first-order chi connectivity index (χ1) is 13.0. The van der Waals surface area contributed by atoms with Crippen LogP contribution in [0.3, 0.4) is 0 Å². The van der Waals surface area contributed by atoms with Crippen molar-refractivity contribution in [3.05, 3.63) is 88.5 Å². The second-order valence-electron chi connectivity index (χ2n) is 5.78. The fourth-order valence-corrected chi connectivity index (χ4v) is 2.60. The molecule has 0 radical (unpaired) electrons. The number of hydrogen-bond acceptors (Lipinski definition) is 4. The van der Waals surface area contributed by atoms with E-state index < -0.39 is 11.0 Å². The summed E-state index contributed by atoms with van der Waals surface area (Å²) >= 11 is 0. The smallest absolute Gasteiger partial charge is 0.316 e. The summed E-state index contributed by atoms with van der Waals surface area (Å²) in [5.74, 6) is 0.527. The van der Waals surface area contributed by atoms with Gasteiger partial charge in [0, 0.05) is 29.4 Å². The molecule has 0 fully saturated rings. The summed E-state index contributed by atoms with van der Waals surface area (Å²) in [5.41, 5.74) is 8.18. The largest absolute Gasteiger partial charge is 0.488 e. The standard InChI is InChI=1S/C20H17N3O4/c21-20(24)22-16-8-11-18(15-6-9-17(10-7-15)23(25)26)19(12-16)27-13-14-4-2-1-3-5-14/h1-12H,13H2,(H3,21,22,24). The van der Waals surface area contributed by atoms with Crippen LogP contribution in [-0.4, -0.2) is 11.0 Å². The van der Waals surface area contributed by atoms with Crippen molar-refractivity contribution < 1.29 is 14.5 Å². The maximum atomic E-state index is 11.1. The van der Waals surface area contributed by atoms with Gasteiger partial charge in [0.05, 0.1) is 4.92 Å². The SMILES string of the molecule is NC(=O)Nc1ccc(-c2ccc([N+](=O)[O-])cc2)c(OCc2ccccc2)c1. The molecule has 27 heavy (non-hydrogen) atoms. The molecule has 0 bridgehead atoms. The van der Waals surface area contributed by atoms with Crippen molar-refractivity contribution in [2.45, 2.75) is 6.61 Å². The van der Waals surface area contributed by atoms with Crippen LogP contribution >= 0.6 is 0 Å². The van der Waals surface area contributed by atoms with Crippen LogP contribution in [0.15, 0.2) is 72.8 Å². The van der Waals surface area contributed by atoms with Crippen molar-refractivity contribution in [1.29, 1.82) is 0 Å². The third-order valence-corrected chi connectivity index (χ3v) is 3.88. The first-order valence-electron chi connectivity index (χ1n) is 8.15. The summed E-state index contributed by atoms with van der Waals surface area (Å²) in [4.78, 5) is 21.5. The number of benzene rings is 3. The van der Waals surface area contributed by atoms with Crippen LogP contribution in [0.2, 0.25) is 0 Å². The maximum Gasteiger partial charge on any atom is 0.316 e. The highest BCUT2D eigenvalue weighted by Gasteiger charge is 2.11. The fraction of sp³-hybridized carbons (Fsp3) is 0.0500. The number of nitrogens with one attached hydrogen (secondary N) is 1. The van der Waals surface area contributed by atoms with E-state index in [0.29, 0.717) is 18.0 Å². The zero-order valence-electron chi connectivity index (χ0n) is 14.3. The Balaban J connectivity index is 1.93. The normalized spacial score (nSPS) is 10.2. The van der Waals surface area contributed by atoms with Crippen molar-refractivity contribution in [2.24, 2.45) is 5.73 Å². The summed E-state index contributed by atoms with van der Waals surface area (Å²) in [5, 5.41) is 13.4. The van der Waals surface area contributed by atoms with Crippen LogP contribution in [0.5, 0.6) is 5.75 Å². The molecule has 7 heteroatoms. The third-order valence-electron chi connectivity index (χ3n) is 3.88. The molecule has 136 valence electrons. The first kappa shape index (κ1) is 17.9. The maximum absolute atomic E-state index is 11.1. The van der Waals surface area contributed by atoms with Crippen LogP contribution < -0.4 is 15.8 Å². The zero-order valence-corrected chi connectivity index (χ0v) is 14.3. The Hall–Kier alpha value is -3.87. The van der Waals surface area contributed by atoms with Gasteiger partial charge in [0.25, 0.3) is 5.69 Å². The number of non-ortho nitro benzene ring substituents is 1. The number of nitrogens with zero attached hydrogens (tertiary/aromatic N) is 1. The number of nitrogens with two attached hydrogens (primary N) is 1. The minimum atomic E-state index is -0.674. The van der Waals surface area contributed by atoms with Gasteiger partial charge in [-0.2, -0.15) is 0 Å². The average Bonchev–Trinajstić information content (AvgIpc) is 2.67. The number of nitro groups is 1. The van der Waals surface area contributed by atoms with Gasteiger partial charge in [-0.05, 0) is 35.4 Å². The van der Waals surface area contributed by atoms with E-state index >= 15 is 0 Å². The molecule has 3 N–H and O–H groups in total. The monoisotopic (exact) mass is 363 g/mol. The van der Waals surface area contributed by atoms with E-state index in [4.69, 9.17) is 10.5 Å². The van der Waals surface area contributed by atoms with Gasteiger partial charge in [-0.3, -0.25) is 10.1 Å². The number of carbonyl (C=O) groups is 1. The Morgan fingerprint density at radius 1 is 1.04 bits per heavy atom. The van der Waals surface area contributed by atoms with Crippen LogP contribution in [0.1, 0.15) is 5.56 Å². The molecular weight excluding hydrogens is 346 g/mol. The van der Waals surface area contributed by atoms with E-state index in [1.807, 2.05) is 30.3 Å². The van der Waals surface area contributed by atoms with E-state index in [9.17, 15) is 14.9 Å².